The standard InChI is InChI=1S/C20H23NO3/c1-24-20-15-17(12-14-19(20)22)11-13-18(21-23)10-6-5-9-16-7-3-2-4-8-16/h2-4,7-8,11-15,22-23H,5-6,9-10H2,1H3/b13-11+,21-18+. The minimum absolute atomic E-state index is 0.103. The quantitative estimate of drug-likeness (QED) is 0.321. The van der Waals surface area contributed by atoms with E-state index in [0.29, 0.717) is 11.5 Å². The molecule has 0 heterocycles. The lowest BCUT2D eigenvalue weighted by molar-refractivity contribution is 0.318. The first-order valence-corrected chi connectivity index (χ1v) is 8.03. The van der Waals surface area contributed by atoms with E-state index in [1.807, 2.05) is 24.3 Å². The first-order chi connectivity index (χ1) is 11.7. The van der Waals surface area contributed by atoms with Crippen LogP contribution in [-0.2, 0) is 6.42 Å². The van der Waals surface area contributed by atoms with Gasteiger partial charge < -0.3 is 15.1 Å². The summed E-state index contributed by atoms with van der Waals surface area (Å²) >= 11 is 0. The molecule has 2 rings (SSSR count). The molecule has 0 aromatic heterocycles. The van der Waals surface area contributed by atoms with Crippen molar-refractivity contribution in [2.75, 3.05) is 7.11 Å². The Morgan fingerprint density at radius 3 is 2.62 bits per heavy atom. The molecule has 0 amide bonds. The van der Waals surface area contributed by atoms with E-state index in [1.165, 1.54) is 12.7 Å². The minimum Gasteiger partial charge on any atom is -0.504 e. The summed E-state index contributed by atoms with van der Waals surface area (Å²) in [5.74, 6) is 0.522. The number of hydrogen-bond acceptors (Lipinski definition) is 4. The van der Waals surface area contributed by atoms with E-state index in [2.05, 4.69) is 17.3 Å². The molecule has 0 unspecified atom stereocenters. The summed E-state index contributed by atoms with van der Waals surface area (Å²) < 4.78 is 5.08. The van der Waals surface area contributed by atoms with Crippen LogP contribution >= 0.6 is 0 Å². The number of aryl methyl sites for hydroxylation is 1. The molecule has 0 saturated heterocycles. The molecule has 0 aliphatic carbocycles. The van der Waals surface area contributed by atoms with Crippen molar-refractivity contribution < 1.29 is 15.1 Å². The number of ether oxygens (including phenoxy) is 1. The number of allylic oxidation sites excluding steroid dienone is 1. The zero-order chi connectivity index (χ0) is 17.2. The van der Waals surface area contributed by atoms with Gasteiger partial charge in [-0.25, -0.2) is 0 Å². The Kier molecular flexibility index (Phi) is 6.90. The van der Waals surface area contributed by atoms with Crippen molar-refractivity contribution >= 4 is 11.8 Å². The normalized spacial score (nSPS) is 11.8. The van der Waals surface area contributed by atoms with Crippen molar-refractivity contribution in [3.63, 3.8) is 0 Å². The van der Waals surface area contributed by atoms with Crippen LogP contribution in [0.3, 0.4) is 0 Å². The second-order valence-corrected chi connectivity index (χ2v) is 5.55. The molecule has 0 spiro atoms. The number of nitrogens with zero attached hydrogens (tertiary/aromatic N) is 1. The highest BCUT2D eigenvalue weighted by molar-refractivity contribution is 5.97. The Morgan fingerprint density at radius 1 is 1.12 bits per heavy atom. The van der Waals surface area contributed by atoms with Gasteiger partial charge in [0.2, 0.25) is 0 Å². The fraction of sp³-hybridized carbons (Fsp3) is 0.250. The van der Waals surface area contributed by atoms with Crippen LogP contribution in [-0.4, -0.2) is 23.1 Å². The highest BCUT2D eigenvalue weighted by Crippen LogP contribution is 2.26. The number of benzene rings is 2. The molecule has 0 atom stereocenters. The summed E-state index contributed by atoms with van der Waals surface area (Å²) in [5, 5.41) is 22.1. The zero-order valence-electron chi connectivity index (χ0n) is 13.9. The topological polar surface area (TPSA) is 62.0 Å². The van der Waals surface area contributed by atoms with Gasteiger partial charge in [-0.05, 0) is 55.0 Å². The van der Waals surface area contributed by atoms with Crippen LogP contribution in [0.1, 0.15) is 30.4 Å². The van der Waals surface area contributed by atoms with Crippen molar-refractivity contribution in [2.24, 2.45) is 5.16 Å². The molecule has 24 heavy (non-hydrogen) atoms. The Hall–Kier alpha value is -2.75. The van der Waals surface area contributed by atoms with Crippen LogP contribution in [0, 0.1) is 0 Å². The maximum Gasteiger partial charge on any atom is 0.161 e. The average Bonchev–Trinajstić information content (AvgIpc) is 2.63. The Morgan fingerprint density at radius 2 is 1.92 bits per heavy atom. The molecule has 2 N–H and O–H groups in total. The molecule has 4 heteroatoms. The Labute approximate surface area is 142 Å². The summed E-state index contributed by atoms with van der Waals surface area (Å²) in [6.45, 7) is 0. The SMILES string of the molecule is COc1cc(/C=C/C(CCCCc2ccccc2)=N/O)ccc1O. The van der Waals surface area contributed by atoms with E-state index in [4.69, 9.17) is 9.94 Å². The number of hydrogen-bond donors (Lipinski definition) is 2. The number of phenolic OH excluding ortho intramolecular Hbond substituents is 1. The van der Waals surface area contributed by atoms with Crippen LogP contribution in [0.15, 0.2) is 59.8 Å². The van der Waals surface area contributed by atoms with Crippen LogP contribution in [0.2, 0.25) is 0 Å². The van der Waals surface area contributed by atoms with Crippen molar-refractivity contribution in [1.29, 1.82) is 0 Å². The second kappa shape index (κ2) is 9.40. The first kappa shape index (κ1) is 17.6. The third-order valence-electron chi connectivity index (χ3n) is 3.79. The van der Waals surface area contributed by atoms with Crippen LogP contribution in [0.4, 0.5) is 0 Å². The second-order valence-electron chi connectivity index (χ2n) is 5.55. The van der Waals surface area contributed by atoms with E-state index in [9.17, 15) is 5.11 Å². The number of phenols is 1. The largest absolute Gasteiger partial charge is 0.504 e. The van der Waals surface area contributed by atoms with Gasteiger partial charge in [0.15, 0.2) is 11.5 Å². The fourth-order valence-corrected chi connectivity index (χ4v) is 2.44. The van der Waals surface area contributed by atoms with E-state index in [1.54, 1.807) is 24.3 Å². The molecule has 0 radical (unpaired) electrons. The van der Waals surface area contributed by atoms with Gasteiger partial charge in [-0.3, -0.25) is 0 Å². The Balaban J connectivity index is 1.83. The van der Waals surface area contributed by atoms with Crippen molar-refractivity contribution in [1.82, 2.24) is 0 Å². The summed E-state index contributed by atoms with van der Waals surface area (Å²) in [5.41, 5.74) is 2.83. The van der Waals surface area contributed by atoms with E-state index >= 15 is 0 Å². The third-order valence-corrected chi connectivity index (χ3v) is 3.79. The lowest BCUT2D eigenvalue weighted by atomic mass is 10.0. The van der Waals surface area contributed by atoms with Gasteiger partial charge in [-0.15, -0.1) is 0 Å². The van der Waals surface area contributed by atoms with Crippen molar-refractivity contribution in [3.05, 3.63) is 65.7 Å². The monoisotopic (exact) mass is 325 g/mol. The van der Waals surface area contributed by atoms with Crippen molar-refractivity contribution in [3.8, 4) is 11.5 Å². The highest BCUT2D eigenvalue weighted by atomic mass is 16.5. The molecule has 126 valence electrons. The van der Waals surface area contributed by atoms with Crippen LogP contribution < -0.4 is 4.74 Å². The lowest BCUT2D eigenvalue weighted by Crippen LogP contribution is -1.95. The Bertz CT molecular complexity index is 693. The third kappa shape index (κ3) is 5.47. The summed E-state index contributed by atoms with van der Waals surface area (Å²) in [4.78, 5) is 0. The molecule has 4 nitrogen and oxygen atoms in total. The maximum absolute atomic E-state index is 9.58. The molecule has 2 aromatic rings. The zero-order valence-corrected chi connectivity index (χ0v) is 13.9. The number of aromatic hydroxyl groups is 1. The number of oxime groups is 1. The summed E-state index contributed by atoms with van der Waals surface area (Å²) in [7, 11) is 1.51. The highest BCUT2D eigenvalue weighted by Gasteiger charge is 2.02. The van der Waals surface area contributed by atoms with Crippen LogP contribution in [0.5, 0.6) is 11.5 Å². The molecule has 0 fully saturated rings. The number of rotatable bonds is 8. The van der Waals surface area contributed by atoms with E-state index < -0.39 is 0 Å². The first-order valence-electron chi connectivity index (χ1n) is 8.03. The summed E-state index contributed by atoms with van der Waals surface area (Å²) in [6, 6.07) is 15.4. The van der Waals surface area contributed by atoms with Crippen LogP contribution in [0.25, 0.3) is 6.08 Å². The predicted molar refractivity (Wildman–Crippen MR) is 96.9 cm³/mol. The molecule has 0 saturated carbocycles. The minimum atomic E-state index is 0.103. The molecule has 0 aliphatic heterocycles. The van der Waals surface area contributed by atoms with Crippen molar-refractivity contribution in [2.45, 2.75) is 25.7 Å². The van der Waals surface area contributed by atoms with Gasteiger partial charge >= 0.3 is 0 Å². The van der Waals surface area contributed by atoms with E-state index in [-0.39, 0.29) is 5.75 Å². The van der Waals surface area contributed by atoms with Gasteiger partial charge in [0.05, 0.1) is 12.8 Å². The summed E-state index contributed by atoms with van der Waals surface area (Å²) in [6.07, 6.45) is 7.37. The van der Waals surface area contributed by atoms with Gasteiger partial charge in [0.1, 0.15) is 0 Å². The van der Waals surface area contributed by atoms with Gasteiger partial charge in [-0.2, -0.15) is 0 Å². The smallest absolute Gasteiger partial charge is 0.161 e. The van der Waals surface area contributed by atoms with Gasteiger partial charge in [0, 0.05) is 0 Å². The number of methoxy groups -OCH3 is 1. The van der Waals surface area contributed by atoms with Gasteiger partial charge in [0.25, 0.3) is 0 Å². The fourth-order valence-electron chi connectivity index (χ4n) is 2.44. The predicted octanol–water partition coefficient (Wildman–Crippen LogP) is 4.66. The number of unbranched alkanes of at least 4 members (excludes halogenated alkanes) is 1. The molecular formula is C20H23NO3. The van der Waals surface area contributed by atoms with E-state index in [0.717, 1.165) is 31.2 Å². The lowest BCUT2D eigenvalue weighted by Gasteiger charge is -2.04. The average molecular weight is 325 g/mol. The maximum atomic E-state index is 9.58. The molecule has 0 bridgehead atoms. The molecular weight excluding hydrogens is 302 g/mol. The molecule has 2 aromatic carbocycles. The molecule has 0 aliphatic rings. The van der Waals surface area contributed by atoms with Gasteiger partial charge in [-0.1, -0.05) is 47.6 Å².